The third-order valence-electron chi connectivity index (χ3n) is 5.43. The summed E-state index contributed by atoms with van der Waals surface area (Å²) in [5.41, 5.74) is 2.93. The minimum atomic E-state index is -0.707. The van der Waals surface area contributed by atoms with Gasteiger partial charge in [-0.15, -0.1) is 0 Å². The van der Waals surface area contributed by atoms with E-state index in [1.165, 1.54) is 6.07 Å². The van der Waals surface area contributed by atoms with E-state index in [1.807, 2.05) is 37.4 Å². The standard InChI is InChI=1S/C25H25N3O5/c1-15-11-24(30)33-22-12-18(7-8-19(15)22)32-14-23(29)28-16(2)25(31)26-10-9-17-13-27-21-6-4-3-5-20(17)21/h3-8,11-13,16,27H,9-10,14H2,1-2H3,(H,26,31)(H,28,29). The maximum absolute atomic E-state index is 12.3. The van der Waals surface area contributed by atoms with Crippen LogP contribution in [0.3, 0.4) is 0 Å². The lowest BCUT2D eigenvalue weighted by molar-refractivity contribution is -0.129. The van der Waals surface area contributed by atoms with Crippen molar-refractivity contribution in [2.24, 2.45) is 0 Å². The second-order valence-corrected chi connectivity index (χ2v) is 7.88. The molecule has 0 saturated heterocycles. The molecule has 4 rings (SSSR count). The number of aromatic amines is 1. The lowest BCUT2D eigenvalue weighted by atomic mass is 10.1. The van der Waals surface area contributed by atoms with Gasteiger partial charge in [0.05, 0.1) is 0 Å². The van der Waals surface area contributed by atoms with Gasteiger partial charge in [0, 0.05) is 41.2 Å². The molecule has 170 valence electrons. The number of para-hydroxylation sites is 1. The van der Waals surface area contributed by atoms with Crippen molar-refractivity contribution in [1.82, 2.24) is 15.6 Å². The van der Waals surface area contributed by atoms with E-state index in [9.17, 15) is 14.4 Å². The molecule has 33 heavy (non-hydrogen) atoms. The molecule has 4 aromatic rings. The molecule has 0 aliphatic carbocycles. The summed E-state index contributed by atoms with van der Waals surface area (Å²) in [7, 11) is 0. The van der Waals surface area contributed by atoms with Gasteiger partial charge in [-0.25, -0.2) is 4.79 Å². The second-order valence-electron chi connectivity index (χ2n) is 7.88. The van der Waals surface area contributed by atoms with E-state index in [0.717, 1.165) is 27.4 Å². The predicted molar refractivity (Wildman–Crippen MR) is 125 cm³/mol. The Morgan fingerprint density at radius 1 is 1.12 bits per heavy atom. The van der Waals surface area contributed by atoms with Crippen molar-refractivity contribution in [3.05, 3.63) is 76.3 Å². The van der Waals surface area contributed by atoms with E-state index in [-0.39, 0.29) is 12.5 Å². The quantitative estimate of drug-likeness (QED) is 0.360. The average molecular weight is 447 g/mol. The van der Waals surface area contributed by atoms with Gasteiger partial charge < -0.3 is 24.8 Å². The monoisotopic (exact) mass is 447 g/mol. The number of carbonyl (C=O) groups excluding carboxylic acids is 2. The topological polar surface area (TPSA) is 113 Å². The van der Waals surface area contributed by atoms with E-state index in [0.29, 0.717) is 24.3 Å². The van der Waals surface area contributed by atoms with Crippen LogP contribution in [0.5, 0.6) is 5.75 Å². The highest BCUT2D eigenvalue weighted by Gasteiger charge is 2.16. The molecule has 0 aliphatic heterocycles. The SMILES string of the molecule is Cc1cc(=O)oc2cc(OCC(=O)NC(C)C(=O)NCCc3c[nH]c4ccccc34)ccc12. The number of aryl methyl sites for hydroxylation is 1. The highest BCUT2D eigenvalue weighted by Crippen LogP contribution is 2.22. The first kappa shape index (κ1) is 22.1. The Morgan fingerprint density at radius 3 is 2.79 bits per heavy atom. The molecule has 2 aromatic carbocycles. The summed E-state index contributed by atoms with van der Waals surface area (Å²) in [6.45, 7) is 3.63. The van der Waals surface area contributed by atoms with Crippen LogP contribution in [0.4, 0.5) is 0 Å². The molecule has 0 fully saturated rings. The fourth-order valence-electron chi connectivity index (χ4n) is 3.70. The number of rotatable bonds is 8. The van der Waals surface area contributed by atoms with E-state index in [4.69, 9.17) is 9.15 Å². The van der Waals surface area contributed by atoms with Gasteiger partial charge in [-0.05, 0) is 49.6 Å². The smallest absolute Gasteiger partial charge is 0.336 e. The minimum absolute atomic E-state index is 0.269. The van der Waals surface area contributed by atoms with Crippen LogP contribution in [0.1, 0.15) is 18.1 Å². The summed E-state index contributed by atoms with van der Waals surface area (Å²) in [6.07, 6.45) is 2.62. The molecule has 2 amide bonds. The first-order chi connectivity index (χ1) is 15.9. The summed E-state index contributed by atoms with van der Waals surface area (Å²) in [6, 6.07) is 13.7. The van der Waals surface area contributed by atoms with Gasteiger partial charge in [0.25, 0.3) is 5.91 Å². The largest absolute Gasteiger partial charge is 0.484 e. The van der Waals surface area contributed by atoms with Crippen LogP contribution in [0.2, 0.25) is 0 Å². The summed E-state index contributed by atoms with van der Waals surface area (Å²) >= 11 is 0. The predicted octanol–water partition coefficient (Wildman–Crippen LogP) is 2.83. The van der Waals surface area contributed by atoms with E-state index in [2.05, 4.69) is 15.6 Å². The molecule has 1 atom stereocenters. The zero-order chi connectivity index (χ0) is 23.4. The Kier molecular flexibility index (Phi) is 6.44. The fraction of sp³-hybridized carbons (Fsp3) is 0.240. The van der Waals surface area contributed by atoms with Crippen molar-refractivity contribution >= 4 is 33.7 Å². The normalized spacial score (nSPS) is 11.9. The molecule has 0 saturated carbocycles. The molecule has 1 unspecified atom stereocenters. The zero-order valence-electron chi connectivity index (χ0n) is 18.4. The first-order valence-corrected chi connectivity index (χ1v) is 10.7. The molecule has 2 aromatic heterocycles. The summed E-state index contributed by atoms with van der Waals surface area (Å²) in [5.74, 6) is -0.312. The Morgan fingerprint density at radius 2 is 1.94 bits per heavy atom. The molecule has 0 radical (unpaired) electrons. The highest BCUT2D eigenvalue weighted by atomic mass is 16.5. The van der Waals surface area contributed by atoms with Gasteiger partial charge in [0.2, 0.25) is 5.91 Å². The number of fused-ring (bicyclic) bond motifs is 2. The Labute approximate surface area is 189 Å². The molecule has 0 bridgehead atoms. The van der Waals surface area contributed by atoms with Crippen LogP contribution >= 0.6 is 0 Å². The summed E-state index contributed by atoms with van der Waals surface area (Å²) < 4.78 is 10.7. The van der Waals surface area contributed by atoms with Gasteiger partial charge in [-0.3, -0.25) is 9.59 Å². The van der Waals surface area contributed by atoms with Gasteiger partial charge >= 0.3 is 5.63 Å². The maximum atomic E-state index is 12.3. The molecule has 2 heterocycles. The molecule has 0 spiro atoms. The zero-order valence-corrected chi connectivity index (χ0v) is 18.4. The molecule has 0 aliphatic rings. The highest BCUT2D eigenvalue weighted by molar-refractivity contribution is 5.88. The molecular formula is C25H25N3O5. The lowest BCUT2D eigenvalue weighted by Crippen LogP contribution is -2.46. The number of amides is 2. The van der Waals surface area contributed by atoms with Gasteiger partial charge in [0.1, 0.15) is 17.4 Å². The maximum Gasteiger partial charge on any atom is 0.336 e. The number of aromatic nitrogens is 1. The van der Waals surface area contributed by atoms with E-state index >= 15 is 0 Å². The summed E-state index contributed by atoms with van der Waals surface area (Å²) in [5, 5.41) is 7.40. The molecule has 8 heteroatoms. The van der Waals surface area contributed by atoms with Crippen molar-refractivity contribution in [3.8, 4) is 5.75 Å². The second kappa shape index (κ2) is 9.60. The van der Waals surface area contributed by atoms with Crippen LogP contribution in [-0.2, 0) is 16.0 Å². The summed E-state index contributed by atoms with van der Waals surface area (Å²) in [4.78, 5) is 39.3. The van der Waals surface area contributed by atoms with Gasteiger partial charge in [0.15, 0.2) is 6.61 Å². The number of carbonyl (C=O) groups is 2. The third-order valence-corrected chi connectivity index (χ3v) is 5.43. The van der Waals surface area contributed by atoms with Crippen LogP contribution in [0.15, 0.2) is 63.9 Å². The number of benzene rings is 2. The third kappa shape index (κ3) is 5.23. The van der Waals surface area contributed by atoms with Crippen LogP contribution in [0.25, 0.3) is 21.9 Å². The number of ether oxygens (including phenoxy) is 1. The Balaban J connectivity index is 1.24. The van der Waals surface area contributed by atoms with Crippen molar-refractivity contribution in [1.29, 1.82) is 0 Å². The van der Waals surface area contributed by atoms with E-state index < -0.39 is 17.6 Å². The molecular weight excluding hydrogens is 422 g/mol. The lowest BCUT2D eigenvalue weighted by Gasteiger charge is -2.14. The number of hydrogen-bond donors (Lipinski definition) is 3. The number of H-pyrrole nitrogens is 1. The first-order valence-electron chi connectivity index (χ1n) is 10.7. The van der Waals surface area contributed by atoms with Crippen LogP contribution in [0, 0.1) is 6.92 Å². The number of hydrogen-bond acceptors (Lipinski definition) is 5. The Bertz CT molecular complexity index is 1370. The average Bonchev–Trinajstić information content (AvgIpc) is 3.20. The van der Waals surface area contributed by atoms with Crippen molar-refractivity contribution in [2.45, 2.75) is 26.3 Å². The van der Waals surface area contributed by atoms with Crippen LogP contribution < -0.4 is 21.0 Å². The van der Waals surface area contributed by atoms with Gasteiger partial charge in [-0.1, -0.05) is 18.2 Å². The Hall–Kier alpha value is -4.07. The van der Waals surface area contributed by atoms with E-state index in [1.54, 1.807) is 25.1 Å². The van der Waals surface area contributed by atoms with Gasteiger partial charge in [-0.2, -0.15) is 0 Å². The van der Waals surface area contributed by atoms with Crippen molar-refractivity contribution in [3.63, 3.8) is 0 Å². The van der Waals surface area contributed by atoms with Crippen LogP contribution in [-0.4, -0.2) is 36.0 Å². The minimum Gasteiger partial charge on any atom is -0.484 e. The molecule has 8 nitrogen and oxygen atoms in total. The molecule has 3 N–H and O–H groups in total. The van der Waals surface area contributed by atoms with Crippen molar-refractivity contribution < 1.29 is 18.7 Å². The van der Waals surface area contributed by atoms with Crippen molar-refractivity contribution in [2.75, 3.05) is 13.2 Å². The fourth-order valence-corrected chi connectivity index (χ4v) is 3.70. The number of nitrogens with one attached hydrogen (secondary N) is 3.